The number of carbonyl (C=O) groups excluding carboxylic acids is 1. The molecule has 0 saturated carbocycles. The minimum atomic E-state index is -2.19. The summed E-state index contributed by atoms with van der Waals surface area (Å²) < 4.78 is 25.7. The standard InChI is InChI=1S/C8H8ClNO4S/c1-14-8(11)6-4-5(10-15(12)13)2-3-7(6)9/h2-4,10H,1H3,(H,12,13). The number of halogens is 1. The van der Waals surface area contributed by atoms with Crippen molar-refractivity contribution in [3.63, 3.8) is 0 Å². The number of methoxy groups -OCH3 is 1. The second-order valence-electron chi connectivity index (χ2n) is 2.54. The predicted molar refractivity (Wildman–Crippen MR) is 57.2 cm³/mol. The monoisotopic (exact) mass is 249 g/mol. The Morgan fingerprint density at radius 2 is 2.27 bits per heavy atom. The molecule has 0 aliphatic heterocycles. The van der Waals surface area contributed by atoms with Crippen molar-refractivity contribution in [2.45, 2.75) is 0 Å². The quantitative estimate of drug-likeness (QED) is 0.631. The van der Waals surface area contributed by atoms with Gasteiger partial charge in [0.25, 0.3) is 11.3 Å². The van der Waals surface area contributed by atoms with Crippen molar-refractivity contribution in [3.8, 4) is 0 Å². The van der Waals surface area contributed by atoms with Crippen LogP contribution in [0.5, 0.6) is 0 Å². The molecule has 7 heteroatoms. The molecule has 0 spiro atoms. The van der Waals surface area contributed by atoms with Crippen LogP contribution in [-0.4, -0.2) is 21.8 Å². The van der Waals surface area contributed by atoms with Crippen LogP contribution in [0, 0.1) is 0 Å². The van der Waals surface area contributed by atoms with E-state index < -0.39 is 17.2 Å². The predicted octanol–water partition coefficient (Wildman–Crippen LogP) is 1.68. The van der Waals surface area contributed by atoms with E-state index >= 15 is 0 Å². The van der Waals surface area contributed by atoms with Gasteiger partial charge in [-0.3, -0.25) is 9.27 Å². The number of hydrogen-bond acceptors (Lipinski definition) is 3. The Morgan fingerprint density at radius 3 is 2.80 bits per heavy atom. The van der Waals surface area contributed by atoms with E-state index in [2.05, 4.69) is 9.46 Å². The molecule has 1 unspecified atom stereocenters. The molecule has 0 fully saturated rings. The number of nitrogens with one attached hydrogen (secondary N) is 1. The SMILES string of the molecule is COC(=O)c1cc(NS(=O)O)ccc1Cl. The van der Waals surface area contributed by atoms with E-state index in [0.29, 0.717) is 5.69 Å². The lowest BCUT2D eigenvalue weighted by atomic mass is 10.2. The fraction of sp³-hybridized carbons (Fsp3) is 0.125. The number of hydrogen-bond donors (Lipinski definition) is 2. The number of carbonyl (C=O) groups is 1. The van der Waals surface area contributed by atoms with Gasteiger partial charge in [-0.1, -0.05) is 11.6 Å². The van der Waals surface area contributed by atoms with Crippen LogP contribution < -0.4 is 4.72 Å². The van der Waals surface area contributed by atoms with Gasteiger partial charge in [0, 0.05) is 5.69 Å². The second kappa shape index (κ2) is 5.11. The van der Waals surface area contributed by atoms with Crippen molar-refractivity contribution >= 4 is 34.5 Å². The van der Waals surface area contributed by atoms with Crippen LogP contribution in [0.25, 0.3) is 0 Å². The molecular formula is C8H8ClNO4S. The zero-order chi connectivity index (χ0) is 11.4. The molecule has 0 heterocycles. The number of esters is 1. The Bertz CT molecular complexity index is 410. The summed E-state index contributed by atoms with van der Waals surface area (Å²) >= 11 is 3.55. The summed E-state index contributed by atoms with van der Waals surface area (Å²) in [5, 5.41) is 0.219. The fourth-order valence-electron chi connectivity index (χ4n) is 0.956. The summed E-state index contributed by atoms with van der Waals surface area (Å²) in [6.07, 6.45) is 0. The summed E-state index contributed by atoms with van der Waals surface area (Å²) in [5.74, 6) is -0.604. The smallest absolute Gasteiger partial charge is 0.339 e. The van der Waals surface area contributed by atoms with Crippen molar-refractivity contribution in [3.05, 3.63) is 28.8 Å². The summed E-state index contributed by atoms with van der Waals surface area (Å²) in [6.45, 7) is 0. The van der Waals surface area contributed by atoms with E-state index in [1.165, 1.54) is 25.3 Å². The lowest BCUT2D eigenvalue weighted by Crippen LogP contribution is -2.06. The first-order valence-corrected chi connectivity index (χ1v) is 5.28. The third kappa shape index (κ3) is 3.19. The zero-order valence-corrected chi connectivity index (χ0v) is 9.26. The Labute approximate surface area is 93.8 Å². The molecule has 5 nitrogen and oxygen atoms in total. The van der Waals surface area contributed by atoms with Gasteiger partial charge in [-0.15, -0.1) is 0 Å². The van der Waals surface area contributed by atoms with E-state index in [4.69, 9.17) is 16.2 Å². The van der Waals surface area contributed by atoms with Gasteiger partial charge in [0.05, 0.1) is 17.7 Å². The normalized spacial score (nSPS) is 11.9. The van der Waals surface area contributed by atoms with E-state index in [1.54, 1.807) is 0 Å². The first kappa shape index (κ1) is 12.0. The van der Waals surface area contributed by atoms with Gasteiger partial charge in [-0.2, -0.15) is 0 Å². The van der Waals surface area contributed by atoms with Crippen LogP contribution in [0.3, 0.4) is 0 Å². The topological polar surface area (TPSA) is 75.6 Å². The Morgan fingerprint density at radius 1 is 1.60 bits per heavy atom. The molecule has 1 rings (SSSR count). The van der Waals surface area contributed by atoms with Crippen molar-refractivity contribution < 1.29 is 18.3 Å². The minimum absolute atomic E-state index is 0.134. The van der Waals surface area contributed by atoms with E-state index in [0.717, 1.165) is 0 Å². The first-order valence-electron chi connectivity index (χ1n) is 3.80. The molecule has 2 N–H and O–H groups in total. The molecule has 0 bridgehead atoms. The number of benzene rings is 1. The van der Waals surface area contributed by atoms with Crippen molar-refractivity contribution in [2.24, 2.45) is 0 Å². The molecule has 15 heavy (non-hydrogen) atoms. The molecular weight excluding hydrogens is 242 g/mol. The highest BCUT2D eigenvalue weighted by Crippen LogP contribution is 2.21. The average molecular weight is 250 g/mol. The van der Waals surface area contributed by atoms with Gasteiger partial charge < -0.3 is 4.74 Å². The van der Waals surface area contributed by atoms with Gasteiger partial charge in [0.15, 0.2) is 0 Å². The lowest BCUT2D eigenvalue weighted by Gasteiger charge is -2.05. The molecule has 1 atom stereocenters. The molecule has 1 aromatic carbocycles. The summed E-state index contributed by atoms with van der Waals surface area (Å²) in [6, 6.07) is 4.24. The maximum atomic E-state index is 11.2. The average Bonchev–Trinajstić information content (AvgIpc) is 2.19. The van der Waals surface area contributed by atoms with Crippen molar-refractivity contribution in [1.29, 1.82) is 0 Å². The molecule has 0 radical (unpaired) electrons. The summed E-state index contributed by atoms with van der Waals surface area (Å²) in [5.41, 5.74) is 0.440. The molecule has 82 valence electrons. The highest BCUT2D eigenvalue weighted by molar-refractivity contribution is 7.80. The van der Waals surface area contributed by atoms with Crippen molar-refractivity contribution in [1.82, 2.24) is 0 Å². The fourth-order valence-corrected chi connectivity index (χ4v) is 1.48. The van der Waals surface area contributed by atoms with Crippen LogP contribution >= 0.6 is 11.6 Å². The van der Waals surface area contributed by atoms with E-state index in [9.17, 15) is 9.00 Å². The summed E-state index contributed by atoms with van der Waals surface area (Å²) in [7, 11) is 1.23. The van der Waals surface area contributed by atoms with Gasteiger partial charge in [-0.05, 0) is 18.2 Å². The maximum Gasteiger partial charge on any atom is 0.339 e. The number of anilines is 1. The zero-order valence-electron chi connectivity index (χ0n) is 7.69. The largest absolute Gasteiger partial charge is 0.465 e. The summed E-state index contributed by atoms with van der Waals surface area (Å²) in [4.78, 5) is 11.2. The molecule has 0 aromatic heterocycles. The maximum absolute atomic E-state index is 11.2. The lowest BCUT2D eigenvalue weighted by molar-refractivity contribution is 0.0601. The van der Waals surface area contributed by atoms with Gasteiger partial charge in [-0.25, -0.2) is 9.00 Å². The van der Waals surface area contributed by atoms with E-state index in [1.807, 2.05) is 0 Å². The highest BCUT2D eigenvalue weighted by atomic mass is 35.5. The first-order chi connectivity index (χ1) is 7.04. The number of rotatable bonds is 3. The third-order valence-electron chi connectivity index (χ3n) is 1.58. The van der Waals surface area contributed by atoms with Crippen LogP contribution in [0.2, 0.25) is 5.02 Å². The Balaban J connectivity index is 3.05. The van der Waals surface area contributed by atoms with Crippen LogP contribution in [-0.2, 0) is 16.0 Å². The van der Waals surface area contributed by atoms with Crippen molar-refractivity contribution in [2.75, 3.05) is 11.8 Å². The molecule has 0 aliphatic carbocycles. The van der Waals surface area contributed by atoms with Gasteiger partial charge in [0.2, 0.25) is 0 Å². The number of ether oxygens (including phenoxy) is 1. The minimum Gasteiger partial charge on any atom is -0.465 e. The Kier molecular flexibility index (Phi) is 4.07. The molecule has 0 aliphatic rings. The molecule has 0 saturated heterocycles. The van der Waals surface area contributed by atoms with Crippen LogP contribution in [0.4, 0.5) is 5.69 Å². The second-order valence-corrected chi connectivity index (χ2v) is 3.65. The van der Waals surface area contributed by atoms with Gasteiger partial charge >= 0.3 is 5.97 Å². The highest BCUT2D eigenvalue weighted by Gasteiger charge is 2.11. The molecule has 1 aromatic rings. The third-order valence-corrected chi connectivity index (χ3v) is 2.32. The van der Waals surface area contributed by atoms with Gasteiger partial charge in [0.1, 0.15) is 0 Å². The Hall–Kier alpha value is -1.11. The van der Waals surface area contributed by atoms with E-state index in [-0.39, 0.29) is 10.6 Å². The van der Waals surface area contributed by atoms with Crippen LogP contribution in [0.1, 0.15) is 10.4 Å². The molecule has 0 amide bonds. The van der Waals surface area contributed by atoms with Crippen LogP contribution in [0.15, 0.2) is 18.2 Å².